The van der Waals surface area contributed by atoms with Gasteiger partial charge in [0.1, 0.15) is 6.04 Å². The second-order valence-electron chi connectivity index (χ2n) is 4.75. The van der Waals surface area contributed by atoms with Gasteiger partial charge < -0.3 is 14.3 Å². The lowest BCUT2D eigenvalue weighted by atomic mass is 10.1. The van der Waals surface area contributed by atoms with Crippen LogP contribution in [0.15, 0.2) is 21.6 Å². The third kappa shape index (κ3) is 4.57. The van der Waals surface area contributed by atoms with Gasteiger partial charge in [0.05, 0.1) is 7.11 Å². The molecule has 0 bridgehead atoms. The zero-order valence-corrected chi connectivity index (χ0v) is 12.6. The van der Waals surface area contributed by atoms with Crippen LogP contribution in [0.4, 0.5) is 0 Å². The Labute approximate surface area is 122 Å². The van der Waals surface area contributed by atoms with E-state index in [1.54, 1.807) is 13.8 Å². The molecule has 0 fully saturated rings. The van der Waals surface area contributed by atoms with Crippen molar-refractivity contribution in [2.24, 2.45) is 5.92 Å². The fraction of sp³-hybridized carbons (Fsp3) is 0.500. The number of hydrogen-bond donors (Lipinski definition) is 2. The normalized spacial score (nSPS) is 13.1. The van der Waals surface area contributed by atoms with Crippen LogP contribution in [0.25, 0.3) is 0 Å². The lowest BCUT2D eigenvalue weighted by molar-refractivity contribution is -0.139. The maximum absolute atomic E-state index is 12.0. The van der Waals surface area contributed by atoms with E-state index in [0.29, 0.717) is 0 Å². The van der Waals surface area contributed by atoms with Gasteiger partial charge in [-0.3, -0.25) is 4.79 Å². The monoisotopic (exact) mass is 319 g/mol. The van der Waals surface area contributed by atoms with E-state index in [1.807, 2.05) is 4.72 Å². The van der Waals surface area contributed by atoms with Crippen molar-refractivity contribution < 1.29 is 32.3 Å². The third-order valence-electron chi connectivity index (χ3n) is 2.54. The first kappa shape index (κ1) is 17.2. The molecule has 0 radical (unpaired) electrons. The molecule has 1 heterocycles. The summed E-state index contributed by atoms with van der Waals surface area (Å²) < 4.78 is 35.4. The highest BCUT2D eigenvalue weighted by Gasteiger charge is 2.29. The van der Waals surface area contributed by atoms with Crippen molar-refractivity contribution in [3.8, 4) is 0 Å². The standard InChI is InChI=1S/C12H17NO7S/c1-7(2)6-8(11(14)15)13-21(17,18)10-5-4-9(20-10)12(16)19-3/h4-5,7-8,13H,6H2,1-3H3,(H,14,15)/t8-/m0/s1. The van der Waals surface area contributed by atoms with E-state index in [0.717, 1.165) is 19.2 Å². The second-order valence-corrected chi connectivity index (χ2v) is 6.40. The molecule has 1 atom stereocenters. The van der Waals surface area contributed by atoms with E-state index >= 15 is 0 Å². The number of nitrogens with one attached hydrogen (secondary N) is 1. The first-order valence-corrected chi connectivity index (χ1v) is 7.59. The van der Waals surface area contributed by atoms with Crippen molar-refractivity contribution in [2.75, 3.05) is 7.11 Å². The van der Waals surface area contributed by atoms with Crippen LogP contribution in [0.5, 0.6) is 0 Å². The van der Waals surface area contributed by atoms with E-state index in [-0.39, 0.29) is 18.1 Å². The smallest absolute Gasteiger partial charge is 0.374 e. The molecule has 1 aromatic rings. The van der Waals surface area contributed by atoms with E-state index < -0.39 is 33.1 Å². The molecule has 1 rings (SSSR count). The Hall–Kier alpha value is -1.87. The SMILES string of the molecule is COC(=O)c1ccc(S(=O)(=O)N[C@@H](CC(C)C)C(=O)O)o1. The molecule has 0 aliphatic carbocycles. The average molecular weight is 319 g/mol. The van der Waals surface area contributed by atoms with Crippen molar-refractivity contribution in [2.45, 2.75) is 31.4 Å². The highest BCUT2D eigenvalue weighted by atomic mass is 32.2. The fourth-order valence-electron chi connectivity index (χ4n) is 1.59. The van der Waals surface area contributed by atoms with Crippen LogP contribution in [-0.4, -0.2) is 38.6 Å². The average Bonchev–Trinajstić information content (AvgIpc) is 2.86. The Kier molecular flexibility index (Phi) is 5.50. The van der Waals surface area contributed by atoms with Gasteiger partial charge in [0.15, 0.2) is 0 Å². The summed E-state index contributed by atoms with van der Waals surface area (Å²) in [6.07, 6.45) is 0.124. The number of aliphatic carboxylic acids is 1. The van der Waals surface area contributed by atoms with Gasteiger partial charge in [0.2, 0.25) is 10.9 Å². The topological polar surface area (TPSA) is 123 Å². The van der Waals surface area contributed by atoms with E-state index in [9.17, 15) is 18.0 Å². The minimum absolute atomic E-state index is 0.0176. The summed E-state index contributed by atoms with van der Waals surface area (Å²) in [5, 5.41) is 8.49. The van der Waals surface area contributed by atoms with Gasteiger partial charge in [0, 0.05) is 0 Å². The second kappa shape index (κ2) is 6.72. The summed E-state index contributed by atoms with van der Waals surface area (Å²) in [5.41, 5.74) is 0. The quantitative estimate of drug-likeness (QED) is 0.714. The number of carbonyl (C=O) groups is 2. The highest BCUT2D eigenvalue weighted by molar-refractivity contribution is 7.89. The molecule has 0 saturated heterocycles. The molecule has 118 valence electrons. The predicted octanol–water partition coefficient (Wildman–Crippen LogP) is 0.844. The summed E-state index contributed by atoms with van der Waals surface area (Å²) in [4.78, 5) is 22.3. The largest absolute Gasteiger partial charge is 0.480 e. The zero-order valence-electron chi connectivity index (χ0n) is 11.8. The molecule has 0 aliphatic rings. The van der Waals surface area contributed by atoms with Crippen LogP contribution in [0.1, 0.15) is 30.8 Å². The molecule has 0 spiro atoms. The Bertz CT molecular complexity index is 617. The minimum Gasteiger partial charge on any atom is -0.480 e. The molecule has 9 heteroatoms. The number of esters is 1. The van der Waals surface area contributed by atoms with Gasteiger partial charge in [-0.25, -0.2) is 13.2 Å². The Balaban J connectivity index is 2.97. The molecule has 1 aromatic heterocycles. The van der Waals surface area contributed by atoms with Gasteiger partial charge in [-0.2, -0.15) is 4.72 Å². The summed E-state index contributed by atoms with van der Waals surface area (Å²) in [6.45, 7) is 3.54. The number of ether oxygens (including phenoxy) is 1. The number of carboxylic acid groups (broad SMARTS) is 1. The third-order valence-corrected chi connectivity index (χ3v) is 3.88. The number of sulfonamides is 1. The first-order valence-electron chi connectivity index (χ1n) is 6.10. The van der Waals surface area contributed by atoms with E-state index in [2.05, 4.69) is 4.74 Å². The minimum atomic E-state index is -4.18. The molecule has 0 aliphatic heterocycles. The summed E-state index contributed by atoms with van der Waals surface area (Å²) in [5.74, 6) is -2.41. The number of furan rings is 1. The van der Waals surface area contributed by atoms with Crippen LogP contribution >= 0.6 is 0 Å². The number of carboxylic acids is 1. The van der Waals surface area contributed by atoms with E-state index in [1.165, 1.54) is 0 Å². The summed E-state index contributed by atoms with van der Waals surface area (Å²) in [7, 11) is -3.05. The van der Waals surface area contributed by atoms with Crippen LogP contribution < -0.4 is 4.72 Å². The molecule has 0 aromatic carbocycles. The summed E-state index contributed by atoms with van der Waals surface area (Å²) >= 11 is 0. The van der Waals surface area contributed by atoms with Gasteiger partial charge in [0.25, 0.3) is 10.0 Å². The van der Waals surface area contributed by atoms with Crippen molar-refractivity contribution in [1.82, 2.24) is 4.72 Å². The number of methoxy groups -OCH3 is 1. The Morgan fingerprint density at radius 2 is 2.00 bits per heavy atom. The zero-order chi connectivity index (χ0) is 16.2. The predicted molar refractivity (Wildman–Crippen MR) is 71.2 cm³/mol. The lowest BCUT2D eigenvalue weighted by Crippen LogP contribution is -2.41. The van der Waals surface area contributed by atoms with Crippen molar-refractivity contribution in [3.63, 3.8) is 0 Å². The van der Waals surface area contributed by atoms with Crippen LogP contribution in [0.3, 0.4) is 0 Å². The molecular formula is C12H17NO7S. The molecule has 0 amide bonds. The van der Waals surface area contributed by atoms with E-state index in [4.69, 9.17) is 9.52 Å². The first-order chi connectivity index (χ1) is 9.67. The highest BCUT2D eigenvalue weighted by Crippen LogP contribution is 2.16. The molecule has 8 nitrogen and oxygen atoms in total. The van der Waals surface area contributed by atoms with Crippen molar-refractivity contribution >= 4 is 22.0 Å². The molecule has 21 heavy (non-hydrogen) atoms. The van der Waals surface area contributed by atoms with Gasteiger partial charge in [-0.05, 0) is 24.5 Å². The molecule has 0 saturated carbocycles. The number of rotatable bonds is 7. The molecule has 0 unspecified atom stereocenters. The van der Waals surface area contributed by atoms with Gasteiger partial charge >= 0.3 is 11.9 Å². The van der Waals surface area contributed by atoms with Crippen LogP contribution in [0, 0.1) is 5.92 Å². The number of carbonyl (C=O) groups excluding carboxylic acids is 1. The van der Waals surface area contributed by atoms with Crippen LogP contribution in [0.2, 0.25) is 0 Å². The fourth-order valence-corrected chi connectivity index (χ4v) is 2.73. The van der Waals surface area contributed by atoms with Crippen molar-refractivity contribution in [1.29, 1.82) is 0 Å². The Morgan fingerprint density at radius 3 is 2.48 bits per heavy atom. The lowest BCUT2D eigenvalue weighted by Gasteiger charge is -2.15. The molecular weight excluding hydrogens is 302 g/mol. The van der Waals surface area contributed by atoms with Crippen LogP contribution in [-0.2, 0) is 19.6 Å². The molecule has 2 N–H and O–H groups in total. The maximum Gasteiger partial charge on any atom is 0.374 e. The number of hydrogen-bond acceptors (Lipinski definition) is 6. The van der Waals surface area contributed by atoms with Gasteiger partial charge in [-0.1, -0.05) is 13.8 Å². The van der Waals surface area contributed by atoms with Gasteiger partial charge in [-0.15, -0.1) is 0 Å². The maximum atomic E-state index is 12.0. The Morgan fingerprint density at radius 1 is 1.38 bits per heavy atom. The van der Waals surface area contributed by atoms with Crippen molar-refractivity contribution in [3.05, 3.63) is 17.9 Å². The summed E-state index contributed by atoms with van der Waals surface area (Å²) in [6, 6.07) is 0.920.